The fourth-order valence-corrected chi connectivity index (χ4v) is 3.95. The molecule has 0 heterocycles. The largest absolute Gasteiger partial charge is 0.309 e. The van der Waals surface area contributed by atoms with Crippen LogP contribution < -0.4 is 5.14 Å². The predicted molar refractivity (Wildman–Crippen MR) is 106 cm³/mol. The van der Waals surface area contributed by atoms with Crippen LogP contribution in [0, 0.1) is 5.82 Å². The molecule has 0 radical (unpaired) electrons. The first-order valence-electron chi connectivity index (χ1n) is 8.95. The molecule has 1 atom stereocenters. The fourth-order valence-electron chi connectivity index (χ4n) is 2.90. The number of halogens is 1. The third-order valence-electron chi connectivity index (χ3n) is 4.15. The second-order valence-electron chi connectivity index (χ2n) is 7.58. The molecule has 7 heteroatoms. The van der Waals surface area contributed by atoms with Gasteiger partial charge in [-0.05, 0) is 67.7 Å². The van der Waals surface area contributed by atoms with Gasteiger partial charge in [-0.25, -0.2) is 13.7 Å². The van der Waals surface area contributed by atoms with Crippen LogP contribution in [0.5, 0.6) is 0 Å². The summed E-state index contributed by atoms with van der Waals surface area (Å²) in [5.74, 6) is -0.523. The van der Waals surface area contributed by atoms with E-state index in [2.05, 4.69) is 4.36 Å². The zero-order valence-electron chi connectivity index (χ0n) is 16.7. The summed E-state index contributed by atoms with van der Waals surface area (Å²) in [6.07, 6.45) is 0.591. The summed E-state index contributed by atoms with van der Waals surface area (Å²) >= 11 is 0. The Kier molecular flexibility index (Phi) is 8.37. The van der Waals surface area contributed by atoms with Crippen molar-refractivity contribution in [3.05, 3.63) is 34.6 Å². The van der Waals surface area contributed by atoms with Crippen LogP contribution in [-0.4, -0.2) is 41.4 Å². The molecule has 5 nitrogen and oxygen atoms in total. The van der Waals surface area contributed by atoms with Gasteiger partial charge in [-0.3, -0.25) is 4.79 Å². The Morgan fingerprint density at radius 1 is 1.19 bits per heavy atom. The lowest BCUT2D eigenvalue weighted by molar-refractivity contribution is -0.117. The number of carbonyl (C=O) groups is 1. The predicted octanol–water partition coefficient (Wildman–Crippen LogP) is 3.44. The van der Waals surface area contributed by atoms with Crippen molar-refractivity contribution < 1.29 is 13.4 Å². The Balaban J connectivity index is 3.12. The first-order valence-corrected chi connectivity index (χ1v) is 10.7. The highest BCUT2D eigenvalue weighted by Crippen LogP contribution is 2.29. The van der Waals surface area contributed by atoms with Crippen LogP contribution in [0.2, 0.25) is 0 Å². The van der Waals surface area contributed by atoms with Crippen molar-refractivity contribution in [2.75, 3.05) is 26.4 Å². The number of hydrogen-bond acceptors (Lipinski definition) is 3. The lowest BCUT2D eigenvalue weighted by atomic mass is 9.87. The van der Waals surface area contributed by atoms with E-state index >= 15 is 0 Å². The van der Waals surface area contributed by atoms with Crippen LogP contribution in [0.15, 0.2) is 16.5 Å². The summed E-state index contributed by atoms with van der Waals surface area (Å²) in [5.41, 5.74) is 2.34. The number of nitrogens with two attached hydrogens (primary N) is 1. The number of benzene rings is 1. The number of nitrogens with zero attached hydrogens (tertiary/aromatic N) is 2. The second-order valence-corrected chi connectivity index (χ2v) is 9.56. The smallest absolute Gasteiger partial charge is 0.259 e. The van der Waals surface area contributed by atoms with Crippen molar-refractivity contribution >= 4 is 15.8 Å². The molecular weight excluding hydrogens is 353 g/mol. The van der Waals surface area contributed by atoms with Crippen molar-refractivity contribution in [3.8, 4) is 0 Å². The van der Waals surface area contributed by atoms with Crippen LogP contribution in [0.3, 0.4) is 0 Å². The van der Waals surface area contributed by atoms with Gasteiger partial charge >= 0.3 is 0 Å². The van der Waals surface area contributed by atoms with Crippen molar-refractivity contribution in [1.82, 2.24) is 4.90 Å². The molecule has 0 aromatic heterocycles. The molecular formula is C19H32FN3O2S. The van der Waals surface area contributed by atoms with Crippen LogP contribution >= 0.6 is 0 Å². The van der Waals surface area contributed by atoms with Crippen molar-refractivity contribution in [2.24, 2.45) is 9.50 Å². The normalized spacial score (nSPS) is 14.1. The lowest BCUT2D eigenvalue weighted by Crippen LogP contribution is -2.23. The average molecular weight is 386 g/mol. The van der Waals surface area contributed by atoms with Crippen molar-refractivity contribution in [2.45, 2.75) is 52.4 Å². The van der Waals surface area contributed by atoms with Gasteiger partial charge in [0.15, 0.2) is 0 Å². The molecule has 0 saturated carbocycles. The molecule has 148 valence electrons. The standard InChI is InChI=1S/C19H32FN3O2S/c1-13(2)16-10-15(20)11-17(14(3)4)18(16)12-19(24)22-26(21,25)9-7-8-23(5)6/h10-11,13-14H,7-9,12H2,1-6H3,(H2,21,22,24,25). The van der Waals surface area contributed by atoms with E-state index in [-0.39, 0.29) is 29.8 Å². The summed E-state index contributed by atoms with van der Waals surface area (Å²) in [6.45, 7) is 8.55. The minimum atomic E-state index is -3.05. The van der Waals surface area contributed by atoms with Crippen LogP contribution in [0.25, 0.3) is 0 Å². The summed E-state index contributed by atoms with van der Waals surface area (Å²) in [4.78, 5) is 14.4. The maximum atomic E-state index is 14.0. The zero-order chi connectivity index (χ0) is 20.1. The number of amides is 1. The SMILES string of the molecule is CC(C)c1cc(F)cc(C(C)C)c1CC(=O)N=S(N)(=O)CCCN(C)C. The van der Waals surface area contributed by atoms with Gasteiger partial charge in [0.05, 0.1) is 6.42 Å². The molecule has 0 aliphatic rings. The molecule has 0 aliphatic carbocycles. The third-order valence-corrected chi connectivity index (χ3v) is 5.54. The first-order chi connectivity index (χ1) is 11.9. The highest BCUT2D eigenvalue weighted by Gasteiger charge is 2.19. The summed E-state index contributed by atoms with van der Waals surface area (Å²) in [7, 11) is 0.779. The molecule has 0 aliphatic heterocycles. The molecule has 0 spiro atoms. The van der Waals surface area contributed by atoms with Gasteiger partial charge in [-0.15, -0.1) is 4.36 Å². The zero-order valence-corrected chi connectivity index (χ0v) is 17.5. The van der Waals surface area contributed by atoms with Crippen LogP contribution in [-0.2, 0) is 21.1 Å². The highest BCUT2D eigenvalue weighted by atomic mass is 32.2. The van der Waals surface area contributed by atoms with Crippen molar-refractivity contribution in [1.29, 1.82) is 0 Å². The highest BCUT2D eigenvalue weighted by molar-refractivity contribution is 7.91. The quantitative estimate of drug-likeness (QED) is 0.745. The average Bonchev–Trinajstić information content (AvgIpc) is 2.46. The molecule has 0 saturated heterocycles. The molecule has 1 aromatic carbocycles. The van der Waals surface area contributed by atoms with Crippen LogP contribution in [0.4, 0.5) is 4.39 Å². The fraction of sp³-hybridized carbons (Fsp3) is 0.632. The Morgan fingerprint density at radius 2 is 1.69 bits per heavy atom. The van der Waals surface area contributed by atoms with Gasteiger partial charge < -0.3 is 4.90 Å². The third kappa shape index (κ3) is 7.13. The van der Waals surface area contributed by atoms with Crippen LogP contribution in [0.1, 0.15) is 62.6 Å². The second kappa shape index (κ2) is 9.58. The maximum Gasteiger partial charge on any atom is 0.259 e. The van der Waals surface area contributed by atoms with Gasteiger partial charge in [0.2, 0.25) is 0 Å². The van der Waals surface area contributed by atoms with E-state index in [0.717, 1.165) is 23.2 Å². The Morgan fingerprint density at radius 3 is 2.12 bits per heavy atom. The lowest BCUT2D eigenvalue weighted by Gasteiger charge is -2.19. The minimum Gasteiger partial charge on any atom is -0.309 e. The van der Waals surface area contributed by atoms with Gasteiger partial charge in [0, 0.05) is 5.75 Å². The Hall–Kier alpha value is -1.31. The monoisotopic (exact) mass is 385 g/mol. The maximum absolute atomic E-state index is 14.0. The molecule has 2 N–H and O–H groups in total. The van der Waals surface area contributed by atoms with E-state index in [4.69, 9.17) is 5.14 Å². The summed E-state index contributed by atoms with van der Waals surface area (Å²) in [5, 5.41) is 5.74. The molecule has 1 unspecified atom stereocenters. The number of rotatable bonds is 8. The van der Waals surface area contributed by atoms with E-state index in [1.54, 1.807) is 0 Å². The van der Waals surface area contributed by atoms with E-state index in [9.17, 15) is 13.4 Å². The van der Waals surface area contributed by atoms with Gasteiger partial charge in [-0.2, -0.15) is 0 Å². The first kappa shape index (κ1) is 22.7. The number of hydrogen-bond donors (Lipinski definition) is 1. The van der Waals surface area contributed by atoms with E-state index in [1.807, 2.05) is 46.7 Å². The minimum absolute atomic E-state index is 0.0107. The van der Waals surface area contributed by atoms with E-state index < -0.39 is 15.8 Å². The van der Waals surface area contributed by atoms with Gasteiger partial charge in [0.1, 0.15) is 15.7 Å². The molecule has 1 amide bonds. The molecule has 0 fully saturated rings. The summed E-state index contributed by atoms with van der Waals surface area (Å²) in [6, 6.07) is 2.94. The van der Waals surface area contributed by atoms with Gasteiger partial charge in [-0.1, -0.05) is 27.7 Å². The topological polar surface area (TPSA) is 75.8 Å². The molecule has 26 heavy (non-hydrogen) atoms. The Labute approximate surface area is 157 Å². The molecule has 0 bridgehead atoms. The van der Waals surface area contributed by atoms with Crippen molar-refractivity contribution in [3.63, 3.8) is 0 Å². The van der Waals surface area contributed by atoms with E-state index in [1.165, 1.54) is 12.1 Å². The molecule has 1 rings (SSSR count). The summed E-state index contributed by atoms with van der Waals surface area (Å²) < 4.78 is 30.1. The Bertz CT molecular complexity index is 722. The number of carbonyl (C=O) groups excluding carboxylic acids is 1. The van der Waals surface area contributed by atoms with Gasteiger partial charge in [0.25, 0.3) is 5.91 Å². The molecule has 1 aromatic rings. The van der Waals surface area contributed by atoms with E-state index in [0.29, 0.717) is 6.42 Å².